The van der Waals surface area contributed by atoms with E-state index in [0.29, 0.717) is 34.1 Å². The maximum atomic E-state index is 13.7. The lowest BCUT2D eigenvalue weighted by molar-refractivity contribution is -0.176. The van der Waals surface area contributed by atoms with Gasteiger partial charge in [-0.25, -0.2) is 0 Å². The van der Waals surface area contributed by atoms with Crippen molar-refractivity contribution in [2.24, 2.45) is 5.41 Å². The van der Waals surface area contributed by atoms with E-state index in [1.807, 2.05) is 48.5 Å². The molecule has 6 nitrogen and oxygen atoms in total. The monoisotopic (exact) mass is 594 g/mol. The van der Waals surface area contributed by atoms with Crippen molar-refractivity contribution in [2.75, 3.05) is 0 Å². The molecule has 0 saturated heterocycles. The van der Waals surface area contributed by atoms with Gasteiger partial charge in [0, 0.05) is 35.1 Å². The molecule has 0 saturated carbocycles. The van der Waals surface area contributed by atoms with Crippen molar-refractivity contribution in [3.05, 3.63) is 87.5 Å². The molecule has 3 aromatic carbocycles. The average molecular weight is 595 g/mol. The second-order valence-electron chi connectivity index (χ2n) is 12.1. The molecular weight excluding hydrogens is 552 g/mol. The van der Waals surface area contributed by atoms with Gasteiger partial charge in [-0.15, -0.1) is 0 Å². The minimum atomic E-state index is -1.73. The lowest BCUT2D eigenvalue weighted by atomic mass is 9.84. The first-order chi connectivity index (χ1) is 21.0. The van der Waals surface area contributed by atoms with Crippen molar-refractivity contribution in [1.29, 1.82) is 0 Å². The summed E-state index contributed by atoms with van der Waals surface area (Å²) in [4.78, 5) is 40.0. The van der Waals surface area contributed by atoms with E-state index in [-0.39, 0.29) is 24.2 Å². The number of phenolic OH excluding ortho intramolecular Hbond substituents is 1. The second kappa shape index (κ2) is 13.9. The molecule has 6 heteroatoms. The van der Waals surface area contributed by atoms with Crippen LogP contribution in [-0.2, 0) is 44.7 Å². The molecular formula is C38H42O6. The number of rotatable bonds is 10. The van der Waals surface area contributed by atoms with Crippen LogP contribution in [0.2, 0.25) is 0 Å². The first-order valence-electron chi connectivity index (χ1n) is 15.5. The van der Waals surface area contributed by atoms with Crippen LogP contribution in [0.3, 0.4) is 0 Å². The second-order valence-corrected chi connectivity index (χ2v) is 12.1. The number of carbonyl (C=O) groups is 3. The van der Waals surface area contributed by atoms with E-state index in [2.05, 4.69) is 25.7 Å². The Kier molecular flexibility index (Phi) is 10.3. The lowest BCUT2D eigenvalue weighted by Gasteiger charge is -2.26. The van der Waals surface area contributed by atoms with Gasteiger partial charge >= 0.3 is 11.9 Å². The van der Waals surface area contributed by atoms with E-state index in [4.69, 9.17) is 9.47 Å². The molecule has 0 radical (unpaired) electrons. The molecule has 0 fully saturated rings. The zero-order valence-corrected chi connectivity index (χ0v) is 26.6. The predicted octanol–water partition coefficient (Wildman–Crippen LogP) is 7.16. The van der Waals surface area contributed by atoms with Crippen molar-refractivity contribution < 1.29 is 29.0 Å². The summed E-state index contributed by atoms with van der Waals surface area (Å²) in [7, 11) is 0. The van der Waals surface area contributed by atoms with Crippen molar-refractivity contribution >= 4 is 18.2 Å². The molecule has 0 aliphatic heterocycles. The molecule has 0 spiro atoms. The lowest BCUT2D eigenvalue weighted by Crippen LogP contribution is -2.44. The van der Waals surface area contributed by atoms with Gasteiger partial charge in [0.25, 0.3) is 0 Å². The number of aldehydes is 1. The number of ether oxygens (including phenoxy) is 2. The van der Waals surface area contributed by atoms with Crippen LogP contribution in [-0.4, -0.2) is 35.5 Å². The number of hydrogen-bond acceptors (Lipinski definition) is 6. The molecule has 1 aliphatic carbocycles. The normalized spacial score (nSPS) is 13.3. The molecule has 1 N–H and O–H groups in total. The van der Waals surface area contributed by atoms with Crippen LogP contribution in [0.4, 0.5) is 0 Å². The topological polar surface area (TPSA) is 89.9 Å². The van der Waals surface area contributed by atoms with Gasteiger partial charge in [0.2, 0.25) is 0 Å². The van der Waals surface area contributed by atoms with E-state index >= 15 is 0 Å². The third kappa shape index (κ3) is 6.73. The number of phenols is 1. The quantitative estimate of drug-likeness (QED) is 0.116. The van der Waals surface area contributed by atoms with E-state index in [1.54, 1.807) is 27.7 Å². The van der Waals surface area contributed by atoms with Crippen LogP contribution < -0.4 is 0 Å². The molecule has 0 heterocycles. The summed E-state index contributed by atoms with van der Waals surface area (Å²) in [5.74, 6) is 4.83. The molecule has 4 rings (SSSR count). The Balaban J connectivity index is 1.98. The van der Waals surface area contributed by atoms with Crippen LogP contribution in [0, 0.1) is 17.3 Å². The zero-order valence-electron chi connectivity index (χ0n) is 26.6. The van der Waals surface area contributed by atoms with Crippen molar-refractivity contribution in [1.82, 2.24) is 0 Å². The van der Waals surface area contributed by atoms with E-state index < -0.39 is 29.6 Å². The summed E-state index contributed by atoms with van der Waals surface area (Å²) in [6, 6.07) is 15.9. The van der Waals surface area contributed by atoms with Crippen LogP contribution in [0.15, 0.2) is 48.5 Å². The molecule has 0 amide bonds. The highest BCUT2D eigenvalue weighted by molar-refractivity contribution is 6.04. The van der Waals surface area contributed by atoms with Crippen molar-refractivity contribution in [3.8, 4) is 28.7 Å². The SMILES string of the molecule is CCCc1ccc(C#Cc2c3c(c(O)c(C=O)c2-c2ccc(CCC)cc2)CC(C(=O)OC(C)C)(C(=O)OC(C)C)C3)cc1. The number of carbonyl (C=O) groups excluding carboxylic acids is 3. The molecule has 0 unspecified atom stereocenters. The third-order valence-electron chi connectivity index (χ3n) is 7.87. The number of aryl methyl sites for hydroxylation is 2. The Morgan fingerprint density at radius 2 is 1.32 bits per heavy atom. The molecule has 44 heavy (non-hydrogen) atoms. The Bertz CT molecular complexity index is 1560. The smallest absolute Gasteiger partial charge is 0.324 e. The molecule has 0 bridgehead atoms. The predicted molar refractivity (Wildman–Crippen MR) is 172 cm³/mol. The van der Waals surface area contributed by atoms with Gasteiger partial charge in [-0.2, -0.15) is 0 Å². The van der Waals surface area contributed by atoms with Crippen LogP contribution >= 0.6 is 0 Å². The number of hydrogen-bond donors (Lipinski definition) is 1. The molecule has 3 aromatic rings. The van der Waals surface area contributed by atoms with Gasteiger partial charge in [-0.05, 0) is 74.9 Å². The largest absolute Gasteiger partial charge is 0.507 e. The Morgan fingerprint density at radius 1 is 0.818 bits per heavy atom. The van der Waals surface area contributed by atoms with Crippen LogP contribution in [0.1, 0.15) is 98.1 Å². The summed E-state index contributed by atoms with van der Waals surface area (Å²) < 4.78 is 11.2. The fraction of sp³-hybridized carbons (Fsp3) is 0.395. The van der Waals surface area contributed by atoms with Crippen LogP contribution in [0.25, 0.3) is 11.1 Å². The van der Waals surface area contributed by atoms with Gasteiger partial charge in [-0.3, -0.25) is 14.4 Å². The average Bonchev–Trinajstić information content (AvgIpc) is 3.40. The highest BCUT2D eigenvalue weighted by Crippen LogP contribution is 2.49. The minimum absolute atomic E-state index is 0.0693. The summed E-state index contributed by atoms with van der Waals surface area (Å²) in [6.07, 6.45) is 3.36. The maximum absolute atomic E-state index is 13.7. The van der Waals surface area contributed by atoms with Gasteiger partial charge < -0.3 is 14.6 Å². The molecule has 0 atom stereocenters. The molecule has 1 aliphatic rings. The number of fused-ring (bicyclic) bond motifs is 1. The van der Waals surface area contributed by atoms with Crippen LogP contribution in [0.5, 0.6) is 5.75 Å². The maximum Gasteiger partial charge on any atom is 0.324 e. The summed E-state index contributed by atoms with van der Waals surface area (Å²) in [6.45, 7) is 11.1. The van der Waals surface area contributed by atoms with Gasteiger partial charge in [-0.1, -0.05) is 74.9 Å². The molecule has 0 aromatic heterocycles. The highest BCUT2D eigenvalue weighted by atomic mass is 16.6. The van der Waals surface area contributed by atoms with E-state index in [1.165, 1.54) is 5.56 Å². The summed E-state index contributed by atoms with van der Waals surface area (Å²) in [5.41, 5.74) is 4.05. The number of esters is 2. The fourth-order valence-corrected chi connectivity index (χ4v) is 5.80. The highest BCUT2D eigenvalue weighted by Gasteiger charge is 2.55. The molecule has 230 valence electrons. The zero-order chi connectivity index (χ0) is 32.0. The minimum Gasteiger partial charge on any atom is -0.507 e. The number of benzene rings is 3. The summed E-state index contributed by atoms with van der Waals surface area (Å²) in [5, 5.41) is 11.6. The van der Waals surface area contributed by atoms with Crippen molar-refractivity contribution in [3.63, 3.8) is 0 Å². The third-order valence-corrected chi connectivity index (χ3v) is 7.87. The van der Waals surface area contributed by atoms with E-state index in [0.717, 1.165) is 36.8 Å². The Hall–Kier alpha value is -4.37. The summed E-state index contributed by atoms with van der Waals surface area (Å²) >= 11 is 0. The first kappa shape index (κ1) is 32.5. The van der Waals surface area contributed by atoms with Gasteiger partial charge in [0.15, 0.2) is 11.7 Å². The van der Waals surface area contributed by atoms with Gasteiger partial charge in [0.05, 0.1) is 17.8 Å². The first-order valence-corrected chi connectivity index (χ1v) is 15.5. The number of aromatic hydroxyl groups is 1. The van der Waals surface area contributed by atoms with Gasteiger partial charge in [0.1, 0.15) is 5.75 Å². The van der Waals surface area contributed by atoms with E-state index in [9.17, 15) is 19.5 Å². The standard InChI is InChI=1S/C38H42O6/c1-7-9-26-11-13-28(14-12-26)17-20-30-31-21-38(36(41)43-24(3)4,37(42)44-25(5)6)22-32(31)35(40)33(23-39)34(30)29-18-15-27(10-8-2)16-19-29/h11-16,18-19,23-25,40H,7-10,21-22H2,1-6H3. The van der Waals surface area contributed by atoms with Crippen molar-refractivity contribution in [2.45, 2.75) is 92.3 Å². The fourth-order valence-electron chi connectivity index (χ4n) is 5.80. The Morgan fingerprint density at radius 3 is 1.80 bits per heavy atom. The Labute approximate surface area is 260 Å².